The molecule has 1 unspecified atom stereocenters. The van der Waals surface area contributed by atoms with Gasteiger partial charge >= 0.3 is 0 Å². The van der Waals surface area contributed by atoms with E-state index in [4.69, 9.17) is 10.5 Å². The fraction of sp³-hybridized carbons (Fsp3) is 0.900. The van der Waals surface area contributed by atoms with Gasteiger partial charge in [0.25, 0.3) is 0 Å². The van der Waals surface area contributed by atoms with Crippen molar-refractivity contribution in [2.75, 3.05) is 32.8 Å². The number of carbonyl (C=O) groups is 1. The maximum atomic E-state index is 11.6. The number of hydrogen-bond acceptors (Lipinski definition) is 3. The van der Waals surface area contributed by atoms with Crippen molar-refractivity contribution in [3.05, 3.63) is 0 Å². The standard InChI is InChI=1S/C10H20N2O2/c1-3-14-6-9(13)12-5-4-10(2,7-11)8-12/h3-8,11H2,1-2H3. The summed E-state index contributed by atoms with van der Waals surface area (Å²) >= 11 is 0. The molecular formula is C10H20N2O2. The second-order valence-electron chi connectivity index (χ2n) is 4.22. The molecule has 4 nitrogen and oxygen atoms in total. The van der Waals surface area contributed by atoms with Gasteiger partial charge < -0.3 is 15.4 Å². The molecule has 2 N–H and O–H groups in total. The van der Waals surface area contributed by atoms with E-state index in [0.717, 1.165) is 19.5 Å². The predicted molar refractivity (Wildman–Crippen MR) is 54.9 cm³/mol. The first-order valence-electron chi connectivity index (χ1n) is 5.17. The van der Waals surface area contributed by atoms with Crippen LogP contribution in [0, 0.1) is 5.41 Å². The minimum atomic E-state index is 0.0871. The highest BCUT2D eigenvalue weighted by molar-refractivity contribution is 5.77. The van der Waals surface area contributed by atoms with Crippen LogP contribution in [0.4, 0.5) is 0 Å². The average molecular weight is 200 g/mol. The van der Waals surface area contributed by atoms with Crippen molar-refractivity contribution in [1.29, 1.82) is 0 Å². The number of ether oxygens (including phenoxy) is 1. The van der Waals surface area contributed by atoms with E-state index in [0.29, 0.717) is 13.2 Å². The van der Waals surface area contributed by atoms with Crippen LogP contribution in [0.3, 0.4) is 0 Å². The van der Waals surface area contributed by atoms with Crippen LogP contribution >= 0.6 is 0 Å². The Kier molecular flexibility index (Phi) is 3.89. The molecule has 1 fully saturated rings. The summed E-state index contributed by atoms with van der Waals surface area (Å²) in [6.45, 7) is 7.05. The topological polar surface area (TPSA) is 55.6 Å². The van der Waals surface area contributed by atoms with E-state index in [9.17, 15) is 4.79 Å². The number of rotatable bonds is 4. The van der Waals surface area contributed by atoms with Crippen LogP contribution in [0.15, 0.2) is 0 Å². The summed E-state index contributed by atoms with van der Waals surface area (Å²) in [5.41, 5.74) is 5.77. The normalized spacial score (nSPS) is 26.9. The molecule has 14 heavy (non-hydrogen) atoms. The highest BCUT2D eigenvalue weighted by Crippen LogP contribution is 2.28. The van der Waals surface area contributed by atoms with Gasteiger partial charge in [-0.25, -0.2) is 0 Å². The Hall–Kier alpha value is -0.610. The minimum Gasteiger partial charge on any atom is -0.372 e. The molecule has 0 aromatic heterocycles. The number of hydrogen-bond donors (Lipinski definition) is 1. The summed E-state index contributed by atoms with van der Waals surface area (Å²) in [6, 6.07) is 0. The Morgan fingerprint density at radius 3 is 2.86 bits per heavy atom. The van der Waals surface area contributed by atoms with Gasteiger partial charge in [-0.15, -0.1) is 0 Å². The summed E-state index contributed by atoms with van der Waals surface area (Å²) in [5, 5.41) is 0. The van der Waals surface area contributed by atoms with E-state index >= 15 is 0 Å². The first kappa shape index (κ1) is 11.5. The van der Waals surface area contributed by atoms with Crippen LogP contribution in [0.25, 0.3) is 0 Å². The Labute approximate surface area is 85.4 Å². The molecule has 1 heterocycles. The largest absolute Gasteiger partial charge is 0.372 e. The van der Waals surface area contributed by atoms with E-state index in [2.05, 4.69) is 6.92 Å². The zero-order valence-electron chi connectivity index (χ0n) is 9.08. The number of carbonyl (C=O) groups excluding carboxylic acids is 1. The summed E-state index contributed by atoms with van der Waals surface area (Å²) in [5.74, 6) is 0.0871. The second kappa shape index (κ2) is 4.75. The molecule has 1 atom stereocenters. The van der Waals surface area contributed by atoms with Crippen LogP contribution < -0.4 is 5.73 Å². The molecule has 4 heteroatoms. The summed E-state index contributed by atoms with van der Waals surface area (Å²) in [7, 11) is 0. The fourth-order valence-electron chi connectivity index (χ4n) is 1.68. The van der Waals surface area contributed by atoms with Crippen LogP contribution in [-0.2, 0) is 9.53 Å². The monoisotopic (exact) mass is 200 g/mol. The highest BCUT2D eigenvalue weighted by atomic mass is 16.5. The third-order valence-electron chi connectivity index (χ3n) is 2.83. The van der Waals surface area contributed by atoms with E-state index < -0.39 is 0 Å². The third-order valence-corrected chi connectivity index (χ3v) is 2.83. The maximum absolute atomic E-state index is 11.6. The van der Waals surface area contributed by atoms with Crippen LogP contribution in [0.1, 0.15) is 20.3 Å². The van der Waals surface area contributed by atoms with E-state index in [1.807, 2.05) is 11.8 Å². The molecule has 1 amide bonds. The molecule has 0 aromatic rings. The van der Waals surface area contributed by atoms with Crippen LogP contribution in [0.5, 0.6) is 0 Å². The smallest absolute Gasteiger partial charge is 0.248 e. The lowest BCUT2D eigenvalue weighted by atomic mass is 9.90. The Morgan fingerprint density at radius 2 is 2.36 bits per heavy atom. The molecule has 0 bridgehead atoms. The van der Waals surface area contributed by atoms with Crippen molar-refractivity contribution in [2.45, 2.75) is 20.3 Å². The number of nitrogens with two attached hydrogens (primary N) is 1. The Bertz CT molecular complexity index is 208. The molecule has 1 aliphatic rings. The molecule has 1 aliphatic heterocycles. The van der Waals surface area contributed by atoms with E-state index in [-0.39, 0.29) is 17.9 Å². The van der Waals surface area contributed by atoms with Crippen molar-refractivity contribution >= 4 is 5.91 Å². The predicted octanol–water partition coefficient (Wildman–Crippen LogP) is 0.220. The molecule has 0 saturated carbocycles. The maximum Gasteiger partial charge on any atom is 0.248 e. The minimum absolute atomic E-state index is 0.0871. The quantitative estimate of drug-likeness (QED) is 0.706. The van der Waals surface area contributed by atoms with Crippen molar-refractivity contribution in [3.8, 4) is 0 Å². The van der Waals surface area contributed by atoms with Gasteiger partial charge in [0.1, 0.15) is 6.61 Å². The van der Waals surface area contributed by atoms with Gasteiger partial charge in [-0.1, -0.05) is 6.92 Å². The van der Waals surface area contributed by atoms with Gasteiger partial charge in [-0.3, -0.25) is 4.79 Å². The van der Waals surface area contributed by atoms with Crippen molar-refractivity contribution in [2.24, 2.45) is 11.1 Å². The zero-order valence-corrected chi connectivity index (χ0v) is 9.08. The third kappa shape index (κ3) is 2.69. The van der Waals surface area contributed by atoms with Crippen LogP contribution in [-0.4, -0.2) is 43.7 Å². The van der Waals surface area contributed by atoms with Gasteiger partial charge in [0.05, 0.1) is 0 Å². The van der Waals surface area contributed by atoms with Crippen LogP contribution in [0.2, 0.25) is 0 Å². The number of likely N-dealkylation sites (tertiary alicyclic amines) is 1. The van der Waals surface area contributed by atoms with Crippen molar-refractivity contribution < 1.29 is 9.53 Å². The van der Waals surface area contributed by atoms with Gasteiger partial charge in [0, 0.05) is 19.7 Å². The lowest BCUT2D eigenvalue weighted by Crippen LogP contribution is -2.36. The van der Waals surface area contributed by atoms with Gasteiger partial charge in [-0.2, -0.15) is 0 Å². The molecule has 0 radical (unpaired) electrons. The molecule has 1 saturated heterocycles. The number of amides is 1. The van der Waals surface area contributed by atoms with Gasteiger partial charge in [0.15, 0.2) is 0 Å². The highest BCUT2D eigenvalue weighted by Gasteiger charge is 2.34. The summed E-state index contributed by atoms with van der Waals surface area (Å²) < 4.78 is 5.09. The van der Waals surface area contributed by atoms with Crippen molar-refractivity contribution in [1.82, 2.24) is 4.90 Å². The van der Waals surface area contributed by atoms with Crippen molar-refractivity contribution in [3.63, 3.8) is 0 Å². The second-order valence-corrected chi connectivity index (χ2v) is 4.22. The molecule has 0 aromatic carbocycles. The lowest BCUT2D eigenvalue weighted by molar-refractivity contribution is -0.135. The van der Waals surface area contributed by atoms with E-state index in [1.54, 1.807) is 0 Å². The number of nitrogens with zero attached hydrogens (tertiary/aromatic N) is 1. The van der Waals surface area contributed by atoms with Gasteiger partial charge in [0.2, 0.25) is 5.91 Å². The average Bonchev–Trinajstić information content (AvgIpc) is 2.58. The summed E-state index contributed by atoms with van der Waals surface area (Å²) in [6.07, 6.45) is 1.00. The zero-order chi connectivity index (χ0) is 10.6. The molecule has 82 valence electrons. The first-order chi connectivity index (χ1) is 6.61. The SMILES string of the molecule is CCOCC(=O)N1CCC(C)(CN)C1. The fourth-order valence-corrected chi connectivity index (χ4v) is 1.68. The Morgan fingerprint density at radius 1 is 1.64 bits per heavy atom. The molecule has 0 aliphatic carbocycles. The van der Waals surface area contributed by atoms with Gasteiger partial charge in [-0.05, 0) is 25.3 Å². The lowest BCUT2D eigenvalue weighted by Gasteiger charge is -2.22. The van der Waals surface area contributed by atoms with E-state index in [1.165, 1.54) is 0 Å². The molecule has 0 spiro atoms. The Balaban J connectivity index is 2.38. The first-order valence-corrected chi connectivity index (χ1v) is 5.17. The molecule has 1 rings (SSSR count). The summed E-state index contributed by atoms with van der Waals surface area (Å²) in [4.78, 5) is 13.4. The molecular weight excluding hydrogens is 180 g/mol.